The van der Waals surface area contributed by atoms with Crippen molar-refractivity contribution >= 4 is 33.4 Å². The number of rotatable bonds is 5. The standard InChI is InChI=1S/C21H23ClFN3O4S/c1-25(2)31(29,30)17-7-8-19(22)18(13-17)21(28)26-11-9-16(10-12-26)24-20(27)14-3-5-15(23)6-4-14/h3-8,13,16H,9-12H2,1-2H3,(H,24,27). The lowest BCUT2D eigenvalue weighted by atomic mass is 10.0. The second-order valence-electron chi connectivity index (χ2n) is 7.48. The molecule has 0 saturated carbocycles. The highest BCUT2D eigenvalue weighted by Gasteiger charge is 2.27. The molecule has 1 N–H and O–H groups in total. The normalized spacial score (nSPS) is 15.2. The first kappa shape index (κ1) is 23.2. The van der Waals surface area contributed by atoms with Gasteiger partial charge in [0.05, 0.1) is 15.5 Å². The molecule has 7 nitrogen and oxygen atoms in total. The lowest BCUT2D eigenvalue weighted by Gasteiger charge is -2.32. The van der Waals surface area contributed by atoms with Crippen LogP contribution in [0.5, 0.6) is 0 Å². The van der Waals surface area contributed by atoms with Gasteiger partial charge in [0.25, 0.3) is 11.8 Å². The number of carbonyl (C=O) groups excluding carboxylic acids is 2. The molecule has 1 aliphatic rings. The summed E-state index contributed by atoms with van der Waals surface area (Å²) < 4.78 is 38.8. The predicted octanol–water partition coefficient (Wildman–Crippen LogP) is 2.76. The van der Waals surface area contributed by atoms with Crippen molar-refractivity contribution in [3.8, 4) is 0 Å². The number of piperidine rings is 1. The zero-order chi connectivity index (χ0) is 22.8. The number of benzene rings is 2. The van der Waals surface area contributed by atoms with Crippen LogP contribution >= 0.6 is 11.6 Å². The van der Waals surface area contributed by atoms with Crippen molar-refractivity contribution in [1.82, 2.24) is 14.5 Å². The lowest BCUT2D eigenvalue weighted by molar-refractivity contribution is 0.0698. The van der Waals surface area contributed by atoms with Crippen LogP contribution in [0.25, 0.3) is 0 Å². The van der Waals surface area contributed by atoms with Crippen molar-refractivity contribution in [3.05, 3.63) is 64.4 Å². The Morgan fingerprint density at radius 3 is 2.29 bits per heavy atom. The Morgan fingerprint density at radius 1 is 1.10 bits per heavy atom. The minimum atomic E-state index is -3.70. The molecule has 1 fully saturated rings. The summed E-state index contributed by atoms with van der Waals surface area (Å²) in [6.07, 6.45) is 1.07. The second-order valence-corrected chi connectivity index (χ2v) is 10.0. The van der Waals surface area contributed by atoms with Crippen molar-refractivity contribution in [2.45, 2.75) is 23.8 Å². The average Bonchev–Trinajstić information content (AvgIpc) is 2.74. The molecule has 1 aliphatic heterocycles. The van der Waals surface area contributed by atoms with Crippen LogP contribution in [0, 0.1) is 5.82 Å². The molecule has 0 atom stereocenters. The molecular formula is C21H23ClFN3O4S. The molecule has 0 aromatic heterocycles. The largest absolute Gasteiger partial charge is 0.349 e. The van der Waals surface area contributed by atoms with Gasteiger partial charge < -0.3 is 10.2 Å². The van der Waals surface area contributed by atoms with Gasteiger partial charge in [-0.1, -0.05) is 11.6 Å². The molecule has 3 rings (SSSR count). The van der Waals surface area contributed by atoms with E-state index in [0.29, 0.717) is 31.5 Å². The second kappa shape index (κ2) is 9.33. The summed E-state index contributed by atoms with van der Waals surface area (Å²) in [6, 6.07) is 9.22. The lowest BCUT2D eigenvalue weighted by Crippen LogP contribution is -2.46. The quantitative estimate of drug-likeness (QED) is 0.732. The Labute approximate surface area is 185 Å². The highest BCUT2D eigenvalue weighted by Crippen LogP contribution is 2.25. The molecule has 2 aromatic rings. The van der Waals surface area contributed by atoms with Crippen LogP contribution in [0.4, 0.5) is 4.39 Å². The van der Waals surface area contributed by atoms with Gasteiger partial charge in [-0.05, 0) is 55.3 Å². The predicted molar refractivity (Wildman–Crippen MR) is 115 cm³/mol. The van der Waals surface area contributed by atoms with Crippen LogP contribution in [0.1, 0.15) is 33.6 Å². The summed E-state index contributed by atoms with van der Waals surface area (Å²) in [6.45, 7) is 0.766. The summed E-state index contributed by atoms with van der Waals surface area (Å²) in [5, 5.41) is 3.07. The van der Waals surface area contributed by atoms with Crippen LogP contribution in [-0.2, 0) is 10.0 Å². The van der Waals surface area contributed by atoms with E-state index in [1.54, 1.807) is 4.90 Å². The van der Waals surface area contributed by atoms with E-state index in [-0.39, 0.29) is 33.3 Å². The summed E-state index contributed by atoms with van der Waals surface area (Å²) in [4.78, 5) is 26.8. The molecule has 2 aromatic carbocycles. The number of nitrogens with zero attached hydrogens (tertiary/aromatic N) is 2. The van der Waals surface area contributed by atoms with Gasteiger partial charge in [-0.2, -0.15) is 0 Å². The van der Waals surface area contributed by atoms with E-state index >= 15 is 0 Å². The average molecular weight is 468 g/mol. The Kier molecular flexibility index (Phi) is 6.98. The summed E-state index contributed by atoms with van der Waals surface area (Å²) >= 11 is 6.18. The Balaban J connectivity index is 1.65. The van der Waals surface area contributed by atoms with E-state index in [1.807, 2.05) is 0 Å². The van der Waals surface area contributed by atoms with E-state index in [1.165, 1.54) is 56.6 Å². The fourth-order valence-corrected chi connectivity index (χ4v) is 4.43. The van der Waals surface area contributed by atoms with Gasteiger partial charge in [0, 0.05) is 38.8 Å². The summed E-state index contributed by atoms with van der Waals surface area (Å²) in [7, 11) is -0.872. The third-order valence-corrected chi connectivity index (χ3v) is 7.31. The maximum Gasteiger partial charge on any atom is 0.255 e. The zero-order valence-electron chi connectivity index (χ0n) is 17.1. The molecule has 0 bridgehead atoms. The molecule has 0 spiro atoms. The minimum Gasteiger partial charge on any atom is -0.349 e. The highest BCUT2D eigenvalue weighted by atomic mass is 35.5. The maximum absolute atomic E-state index is 13.0. The zero-order valence-corrected chi connectivity index (χ0v) is 18.7. The first-order valence-corrected chi connectivity index (χ1v) is 11.5. The van der Waals surface area contributed by atoms with E-state index in [9.17, 15) is 22.4 Å². The van der Waals surface area contributed by atoms with E-state index in [2.05, 4.69) is 5.32 Å². The molecule has 0 radical (unpaired) electrons. The van der Waals surface area contributed by atoms with Gasteiger partial charge in [-0.25, -0.2) is 17.1 Å². The molecule has 31 heavy (non-hydrogen) atoms. The maximum atomic E-state index is 13.0. The fraction of sp³-hybridized carbons (Fsp3) is 0.333. The topological polar surface area (TPSA) is 86.8 Å². The van der Waals surface area contributed by atoms with Crippen molar-refractivity contribution in [1.29, 1.82) is 0 Å². The monoisotopic (exact) mass is 467 g/mol. The number of nitrogens with one attached hydrogen (secondary N) is 1. The molecule has 10 heteroatoms. The number of sulfonamides is 1. The molecule has 0 aliphatic carbocycles. The summed E-state index contributed by atoms with van der Waals surface area (Å²) in [5.74, 6) is -1.07. The van der Waals surface area contributed by atoms with Crippen LogP contribution in [0.15, 0.2) is 47.4 Å². The highest BCUT2D eigenvalue weighted by molar-refractivity contribution is 7.89. The first-order chi connectivity index (χ1) is 14.6. The minimum absolute atomic E-state index is 0.00769. The van der Waals surface area contributed by atoms with E-state index in [0.717, 1.165) is 4.31 Å². The van der Waals surface area contributed by atoms with Gasteiger partial charge in [-0.3, -0.25) is 9.59 Å². The van der Waals surface area contributed by atoms with Crippen LogP contribution in [-0.4, -0.2) is 62.7 Å². The van der Waals surface area contributed by atoms with Crippen LogP contribution in [0.2, 0.25) is 5.02 Å². The summed E-state index contributed by atoms with van der Waals surface area (Å²) in [5.41, 5.74) is 0.490. The molecule has 166 valence electrons. The molecule has 1 saturated heterocycles. The van der Waals surface area contributed by atoms with Crippen molar-refractivity contribution in [3.63, 3.8) is 0 Å². The number of hydrogen-bond acceptors (Lipinski definition) is 4. The molecule has 2 amide bonds. The first-order valence-electron chi connectivity index (χ1n) is 9.67. The van der Waals surface area contributed by atoms with Gasteiger partial charge in [0.2, 0.25) is 10.0 Å². The van der Waals surface area contributed by atoms with Gasteiger partial charge in [0.15, 0.2) is 0 Å². The molecular weight excluding hydrogens is 445 g/mol. The third kappa shape index (κ3) is 5.23. The number of amides is 2. The Bertz CT molecular complexity index is 1080. The van der Waals surface area contributed by atoms with Crippen molar-refractivity contribution in [2.75, 3.05) is 27.2 Å². The van der Waals surface area contributed by atoms with Crippen molar-refractivity contribution < 1.29 is 22.4 Å². The third-order valence-electron chi connectivity index (χ3n) is 5.17. The fourth-order valence-electron chi connectivity index (χ4n) is 3.31. The number of carbonyl (C=O) groups is 2. The molecule has 0 unspecified atom stereocenters. The molecule has 1 heterocycles. The van der Waals surface area contributed by atoms with E-state index < -0.39 is 15.8 Å². The number of likely N-dealkylation sites (tertiary alicyclic amines) is 1. The van der Waals surface area contributed by atoms with Crippen LogP contribution < -0.4 is 5.32 Å². The smallest absolute Gasteiger partial charge is 0.255 e. The van der Waals surface area contributed by atoms with Crippen molar-refractivity contribution in [2.24, 2.45) is 0 Å². The van der Waals surface area contributed by atoms with Gasteiger partial charge >= 0.3 is 0 Å². The number of halogens is 2. The Morgan fingerprint density at radius 2 is 1.71 bits per heavy atom. The van der Waals surface area contributed by atoms with Gasteiger partial charge in [0.1, 0.15) is 5.82 Å². The SMILES string of the molecule is CN(C)S(=O)(=O)c1ccc(Cl)c(C(=O)N2CCC(NC(=O)c3ccc(F)cc3)CC2)c1. The van der Waals surface area contributed by atoms with Crippen LogP contribution in [0.3, 0.4) is 0 Å². The number of hydrogen-bond donors (Lipinski definition) is 1. The van der Waals surface area contributed by atoms with E-state index in [4.69, 9.17) is 11.6 Å². The van der Waals surface area contributed by atoms with Gasteiger partial charge in [-0.15, -0.1) is 0 Å². The Hall–Kier alpha value is -2.49.